The minimum absolute atomic E-state index is 0.296. The van der Waals surface area contributed by atoms with Crippen LogP contribution in [0, 0.1) is 11.1 Å². The molecular formula is C16H15NO3. The van der Waals surface area contributed by atoms with Crippen molar-refractivity contribution in [2.45, 2.75) is 19.4 Å². The minimum Gasteiger partial charge on any atom is -0.618 e. The Balaban J connectivity index is 2.39. The van der Waals surface area contributed by atoms with Crippen LogP contribution < -0.4 is 4.73 Å². The summed E-state index contributed by atoms with van der Waals surface area (Å²) in [5.41, 5.74) is 0.113. The second-order valence-corrected chi connectivity index (χ2v) is 5.37. The number of carbonyl (C=O) groups is 1. The van der Waals surface area contributed by atoms with Crippen molar-refractivity contribution in [3.63, 3.8) is 0 Å². The summed E-state index contributed by atoms with van der Waals surface area (Å²) in [4.78, 5) is 12.5. The quantitative estimate of drug-likeness (QED) is 0.667. The van der Waals surface area contributed by atoms with Crippen molar-refractivity contribution in [1.82, 2.24) is 0 Å². The zero-order valence-corrected chi connectivity index (χ0v) is 11.3. The summed E-state index contributed by atoms with van der Waals surface area (Å²) >= 11 is 0. The maximum atomic E-state index is 12.5. The molecule has 0 fully saturated rings. The Labute approximate surface area is 116 Å². The van der Waals surface area contributed by atoms with Crippen molar-refractivity contribution in [3.8, 4) is 11.3 Å². The van der Waals surface area contributed by atoms with Gasteiger partial charge in [-0.15, -0.1) is 0 Å². The number of aliphatic hydroxyl groups is 1. The Morgan fingerprint density at radius 1 is 1.20 bits per heavy atom. The Morgan fingerprint density at radius 2 is 1.85 bits per heavy atom. The number of hydrogen-bond donors (Lipinski definition) is 1. The predicted molar refractivity (Wildman–Crippen MR) is 73.7 cm³/mol. The minimum atomic E-state index is -1.73. The molecule has 4 nitrogen and oxygen atoms in total. The van der Waals surface area contributed by atoms with Gasteiger partial charge in [-0.2, -0.15) is 4.73 Å². The van der Waals surface area contributed by atoms with Gasteiger partial charge in [-0.05, 0) is 12.1 Å². The number of hydrogen-bond acceptors (Lipinski definition) is 3. The maximum absolute atomic E-state index is 12.5. The van der Waals surface area contributed by atoms with Crippen LogP contribution in [0.15, 0.2) is 42.6 Å². The molecular weight excluding hydrogens is 254 g/mol. The molecule has 0 radical (unpaired) electrons. The third-order valence-corrected chi connectivity index (χ3v) is 3.80. The Hall–Kier alpha value is -2.20. The molecule has 1 N–H and O–H groups in total. The van der Waals surface area contributed by atoms with Crippen LogP contribution in [0.25, 0.3) is 11.3 Å². The molecule has 1 unspecified atom stereocenters. The molecule has 0 spiro atoms. The third-order valence-electron chi connectivity index (χ3n) is 3.80. The van der Waals surface area contributed by atoms with E-state index in [9.17, 15) is 15.1 Å². The molecule has 0 bridgehead atoms. The van der Waals surface area contributed by atoms with Gasteiger partial charge in [0.2, 0.25) is 5.69 Å². The first kappa shape index (κ1) is 12.8. The highest BCUT2D eigenvalue weighted by molar-refractivity contribution is 5.99. The van der Waals surface area contributed by atoms with E-state index in [1.54, 1.807) is 50.2 Å². The highest BCUT2D eigenvalue weighted by Gasteiger charge is 2.51. The van der Waals surface area contributed by atoms with Gasteiger partial charge >= 0.3 is 0 Å². The van der Waals surface area contributed by atoms with E-state index in [1.807, 2.05) is 0 Å². The SMILES string of the molecule is CC(C)C(=O)C1(O)c2ccccc2-c2c1ccc[n+]2[O-]. The first-order valence-corrected chi connectivity index (χ1v) is 6.57. The van der Waals surface area contributed by atoms with Crippen LogP contribution in [0.2, 0.25) is 0 Å². The molecule has 0 aliphatic heterocycles. The van der Waals surface area contributed by atoms with Crippen LogP contribution in [-0.4, -0.2) is 10.9 Å². The van der Waals surface area contributed by atoms with Crippen molar-refractivity contribution in [2.24, 2.45) is 5.92 Å². The zero-order chi connectivity index (χ0) is 14.5. The van der Waals surface area contributed by atoms with Crippen LogP contribution in [0.1, 0.15) is 25.0 Å². The third kappa shape index (κ3) is 1.45. The number of benzene rings is 1. The van der Waals surface area contributed by atoms with Crippen LogP contribution in [0.3, 0.4) is 0 Å². The van der Waals surface area contributed by atoms with Gasteiger partial charge in [0.1, 0.15) is 0 Å². The van der Waals surface area contributed by atoms with Crippen LogP contribution in [-0.2, 0) is 10.4 Å². The summed E-state index contributed by atoms with van der Waals surface area (Å²) in [6.45, 7) is 3.49. The molecule has 1 atom stereocenters. The first-order chi connectivity index (χ1) is 9.48. The molecule has 1 heterocycles. The predicted octanol–water partition coefficient (Wildman–Crippen LogP) is 1.76. The van der Waals surface area contributed by atoms with E-state index < -0.39 is 5.60 Å². The summed E-state index contributed by atoms with van der Waals surface area (Å²) in [5, 5.41) is 23.1. The van der Waals surface area contributed by atoms with Gasteiger partial charge < -0.3 is 10.3 Å². The Bertz CT molecular complexity index is 709. The van der Waals surface area contributed by atoms with E-state index in [-0.39, 0.29) is 11.7 Å². The van der Waals surface area contributed by atoms with E-state index in [1.165, 1.54) is 6.20 Å². The topological polar surface area (TPSA) is 64.2 Å². The monoisotopic (exact) mass is 269 g/mol. The molecule has 1 aliphatic carbocycles. The van der Waals surface area contributed by atoms with Gasteiger partial charge in [0.05, 0.1) is 11.1 Å². The number of fused-ring (bicyclic) bond motifs is 3. The lowest BCUT2D eigenvalue weighted by molar-refractivity contribution is -0.594. The first-order valence-electron chi connectivity index (χ1n) is 6.57. The number of nitrogens with zero attached hydrogens (tertiary/aromatic N) is 1. The average molecular weight is 269 g/mol. The fourth-order valence-electron chi connectivity index (χ4n) is 2.88. The van der Waals surface area contributed by atoms with Gasteiger partial charge in [-0.25, -0.2) is 0 Å². The molecule has 3 rings (SSSR count). The number of ketones is 1. The van der Waals surface area contributed by atoms with E-state index in [0.717, 1.165) is 0 Å². The lowest BCUT2D eigenvalue weighted by atomic mass is 9.83. The average Bonchev–Trinajstić information content (AvgIpc) is 2.71. The van der Waals surface area contributed by atoms with E-state index in [4.69, 9.17) is 0 Å². The van der Waals surface area contributed by atoms with Gasteiger partial charge in [0, 0.05) is 17.5 Å². The lowest BCUT2D eigenvalue weighted by Gasteiger charge is -2.25. The standard InChI is InChI=1S/C16H15NO3/c1-10(2)15(18)16(19)12-7-4-3-6-11(12)14-13(16)8-5-9-17(14)20/h3-10,19H,1-2H3. The maximum Gasteiger partial charge on any atom is 0.231 e. The largest absolute Gasteiger partial charge is 0.618 e. The highest BCUT2D eigenvalue weighted by Crippen LogP contribution is 2.47. The van der Waals surface area contributed by atoms with Crippen molar-refractivity contribution in [1.29, 1.82) is 0 Å². The summed E-state index contributed by atoms with van der Waals surface area (Å²) in [6.07, 6.45) is 1.38. The molecule has 4 heteroatoms. The lowest BCUT2D eigenvalue weighted by Crippen LogP contribution is -2.39. The Kier molecular flexibility index (Phi) is 2.66. The number of carbonyl (C=O) groups excluding carboxylic acids is 1. The van der Waals surface area contributed by atoms with Crippen LogP contribution in [0.4, 0.5) is 0 Å². The number of pyridine rings is 1. The van der Waals surface area contributed by atoms with Crippen molar-refractivity contribution in [3.05, 3.63) is 58.9 Å². The van der Waals surface area contributed by atoms with Gasteiger partial charge in [-0.3, -0.25) is 4.79 Å². The molecule has 20 heavy (non-hydrogen) atoms. The number of aromatic nitrogens is 1. The molecule has 1 aromatic carbocycles. The van der Waals surface area contributed by atoms with Gasteiger partial charge in [-0.1, -0.05) is 32.0 Å². The molecule has 0 saturated carbocycles. The van der Waals surface area contributed by atoms with E-state index >= 15 is 0 Å². The van der Waals surface area contributed by atoms with Crippen LogP contribution >= 0.6 is 0 Å². The van der Waals surface area contributed by atoms with Gasteiger partial charge in [0.15, 0.2) is 17.6 Å². The fourth-order valence-corrected chi connectivity index (χ4v) is 2.88. The summed E-state index contributed by atoms with van der Waals surface area (Å²) < 4.78 is 0.708. The summed E-state index contributed by atoms with van der Waals surface area (Å²) in [5.74, 6) is -0.630. The van der Waals surface area contributed by atoms with Crippen LogP contribution in [0.5, 0.6) is 0 Å². The molecule has 0 saturated heterocycles. The Morgan fingerprint density at radius 3 is 2.55 bits per heavy atom. The zero-order valence-electron chi connectivity index (χ0n) is 11.3. The summed E-state index contributed by atoms with van der Waals surface area (Å²) in [7, 11) is 0. The second-order valence-electron chi connectivity index (χ2n) is 5.37. The summed E-state index contributed by atoms with van der Waals surface area (Å²) in [6, 6.07) is 10.2. The highest BCUT2D eigenvalue weighted by atomic mass is 16.5. The fraction of sp³-hybridized carbons (Fsp3) is 0.250. The molecule has 102 valence electrons. The molecule has 2 aromatic rings. The smallest absolute Gasteiger partial charge is 0.231 e. The second kappa shape index (κ2) is 4.15. The normalized spacial score (nSPS) is 19.8. The molecule has 1 aliphatic rings. The number of rotatable bonds is 2. The number of Topliss-reactive ketones (excluding diaryl/α,β-unsaturated/α-hetero) is 1. The molecule has 0 amide bonds. The van der Waals surface area contributed by atoms with Gasteiger partial charge in [0.25, 0.3) is 0 Å². The van der Waals surface area contributed by atoms with Crippen molar-refractivity contribution < 1.29 is 14.6 Å². The van der Waals surface area contributed by atoms with Crippen molar-refractivity contribution in [2.75, 3.05) is 0 Å². The van der Waals surface area contributed by atoms with Crippen molar-refractivity contribution >= 4 is 5.78 Å². The van der Waals surface area contributed by atoms with E-state index in [2.05, 4.69) is 0 Å². The molecule has 1 aromatic heterocycles. The van der Waals surface area contributed by atoms with E-state index in [0.29, 0.717) is 27.1 Å².